The van der Waals surface area contributed by atoms with E-state index < -0.39 is 0 Å². The summed E-state index contributed by atoms with van der Waals surface area (Å²) in [5, 5.41) is 0. The van der Waals surface area contributed by atoms with Crippen molar-refractivity contribution in [1.29, 1.82) is 0 Å². The molecule has 0 aromatic rings. The largest absolute Gasteiger partial charge is 0.0988 e. The molecule has 0 rings (SSSR count). The molecule has 0 aliphatic heterocycles. The summed E-state index contributed by atoms with van der Waals surface area (Å²) in [4.78, 5) is 0. The molecular formula is C25H46. The molecule has 0 N–H and O–H groups in total. The molecule has 3 atom stereocenters. The zero-order valence-electron chi connectivity index (χ0n) is 18.2. The first kappa shape index (κ1) is 24.2. The SMILES string of the molecule is C=C/C(C)=C/C=C/C(C)CCCC(C)CCCC(C)CCCC(C)C. The van der Waals surface area contributed by atoms with E-state index >= 15 is 0 Å². The molecule has 0 fully saturated rings. The average molecular weight is 347 g/mol. The second-order valence-electron chi connectivity index (χ2n) is 8.87. The zero-order chi connectivity index (χ0) is 19.1. The molecule has 0 heterocycles. The monoisotopic (exact) mass is 346 g/mol. The first-order chi connectivity index (χ1) is 11.8. The van der Waals surface area contributed by atoms with Crippen LogP contribution in [0, 0.1) is 23.7 Å². The van der Waals surface area contributed by atoms with E-state index in [-0.39, 0.29) is 0 Å². The van der Waals surface area contributed by atoms with E-state index in [4.69, 9.17) is 0 Å². The normalized spacial score (nSPS) is 16.4. The molecule has 0 aromatic carbocycles. The van der Waals surface area contributed by atoms with E-state index in [1.54, 1.807) is 0 Å². The first-order valence-electron chi connectivity index (χ1n) is 10.8. The van der Waals surface area contributed by atoms with E-state index in [1.807, 2.05) is 6.08 Å². The topological polar surface area (TPSA) is 0 Å². The minimum absolute atomic E-state index is 0.682. The highest BCUT2D eigenvalue weighted by atomic mass is 14.1. The molecule has 0 radical (unpaired) electrons. The summed E-state index contributed by atoms with van der Waals surface area (Å²) in [5.74, 6) is 3.36. The highest BCUT2D eigenvalue weighted by Gasteiger charge is 2.07. The van der Waals surface area contributed by atoms with Crippen LogP contribution in [0.2, 0.25) is 0 Å². The van der Waals surface area contributed by atoms with Gasteiger partial charge in [0, 0.05) is 0 Å². The van der Waals surface area contributed by atoms with Crippen LogP contribution >= 0.6 is 0 Å². The molecule has 0 heteroatoms. The Balaban J connectivity index is 3.69. The summed E-state index contributed by atoms with van der Waals surface area (Å²) >= 11 is 0. The van der Waals surface area contributed by atoms with Gasteiger partial charge in [-0.2, -0.15) is 0 Å². The van der Waals surface area contributed by atoms with Crippen molar-refractivity contribution in [2.24, 2.45) is 23.7 Å². The van der Waals surface area contributed by atoms with Gasteiger partial charge in [-0.15, -0.1) is 0 Å². The highest BCUT2D eigenvalue weighted by Crippen LogP contribution is 2.22. The molecule has 0 saturated heterocycles. The third kappa shape index (κ3) is 16.4. The molecule has 0 aromatic heterocycles. The summed E-state index contributed by atoms with van der Waals surface area (Å²) in [5.41, 5.74) is 1.23. The van der Waals surface area contributed by atoms with Gasteiger partial charge in [0.25, 0.3) is 0 Å². The van der Waals surface area contributed by atoms with Crippen molar-refractivity contribution in [3.63, 3.8) is 0 Å². The van der Waals surface area contributed by atoms with Gasteiger partial charge in [0.2, 0.25) is 0 Å². The Bertz CT molecular complexity index is 371. The second kappa shape index (κ2) is 15.5. The van der Waals surface area contributed by atoms with Gasteiger partial charge in [0.1, 0.15) is 0 Å². The van der Waals surface area contributed by atoms with Gasteiger partial charge in [-0.1, -0.05) is 122 Å². The van der Waals surface area contributed by atoms with Crippen molar-refractivity contribution in [3.8, 4) is 0 Å². The summed E-state index contributed by atoms with van der Waals surface area (Å²) in [6, 6.07) is 0. The fraction of sp³-hybridized carbons (Fsp3) is 0.760. The number of hydrogen-bond acceptors (Lipinski definition) is 0. The molecule has 0 amide bonds. The lowest BCUT2D eigenvalue weighted by Gasteiger charge is -2.15. The second-order valence-corrected chi connectivity index (χ2v) is 8.87. The van der Waals surface area contributed by atoms with Crippen LogP contribution in [0.15, 0.2) is 36.5 Å². The molecule has 0 spiro atoms. The van der Waals surface area contributed by atoms with E-state index in [0.717, 1.165) is 17.8 Å². The van der Waals surface area contributed by atoms with Gasteiger partial charge in [0.15, 0.2) is 0 Å². The number of hydrogen-bond donors (Lipinski definition) is 0. The van der Waals surface area contributed by atoms with Crippen molar-refractivity contribution in [2.45, 2.75) is 99.3 Å². The molecule has 3 unspecified atom stereocenters. The predicted octanol–water partition coefficient (Wildman–Crippen LogP) is 8.75. The van der Waals surface area contributed by atoms with Gasteiger partial charge in [-0.3, -0.25) is 0 Å². The third-order valence-corrected chi connectivity index (χ3v) is 5.35. The Hall–Kier alpha value is -0.780. The fourth-order valence-corrected chi connectivity index (χ4v) is 3.33. The number of allylic oxidation sites excluding steroid dienone is 5. The van der Waals surface area contributed by atoms with Crippen molar-refractivity contribution in [3.05, 3.63) is 36.5 Å². The standard InChI is InChI=1S/C25H46/c1-8-22(4)14-10-16-24(6)18-12-20-25(7)19-11-17-23(5)15-9-13-21(2)3/h8,10,14,16,21,23-25H,1,9,11-13,15,17-20H2,2-7H3/b16-10+,22-14+. The van der Waals surface area contributed by atoms with Crippen LogP contribution in [0.1, 0.15) is 99.3 Å². The Kier molecular flexibility index (Phi) is 15.0. The molecule has 0 nitrogen and oxygen atoms in total. The van der Waals surface area contributed by atoms with Crippen LogP contribution in [0.4, 0.5) is 0 Å². The first-order valence-corrected chi connectivity index (χ1v) is 10.8. The van der Waals surface area contributed by atoms with Gasteiger partial charge in [-0.05, 0) is 37.0 Å². The third-order valence-electron chi connectivity index (χ3n) is 5.35. The minimum atomic E-state index is 0.682. The maximum absolute atomic E-state index is 3.78. The lowest BCUT2D eigenvalue weighted by atomic mass is 9.91. The number of rotatable bonds is 15. The summed E-state index contributed by atoms with van der Waals surface area (Å²) in [7, 11) is 0. The molecule has 0 saturated carbocycles. The van der Waals surface area contributed by atoms with Crippen LogP contribution in [0.5, 0.6) is 0 Å². The van der Waals surface area contributed by atoms with E-state index in [1.165, 1.54) is 63.4 Å². The highest BCUT2D eigenvalue weighted by molar-refractivity contribution is 5.19. The quantitative estimate of drug-likeness (QED) is 0.260. The maximum Gasteiger partial charge on any atom is -0.0259 e. The Morgan fingerprint density at radius 1 is 0.760 bits per heavy atom. The van der Waals surface area contributed by atoms with Crippen molar-refractivity contribution in [2.75, 3.05) is 0 Å². The van der Waals surface area contributed by atoms with Crippen molar-refractivity contribution in [1.82, 2.24) is 0 Å². The van der Waals surface area contributed by atoms with E-state index in [0.29, 0.717) is 5.92 Å². The van der Waals surface area contributed by atoms with Crippen LogP contribution in [-0.4, -0.2) is 0 Å². The smallest absolute Gasteiger partial charge is 0.0259 e. The fourth-order valence-electron chi connectivity index (χ4n) is 3.33. The van der Waals surface area contributed by atoms with Gasteiger partial charge in [-0.25, -0.2) is 0 Å². The lowest BCUT2D eigenvalue weighted by Crippen LogP contribution is -2.01. The summed E-state index contributed by atoms with van der Waals surface area (Å²) in [6.07, 6.45) is 21.1. The molecule has 0 aliphatic rings. The average Bonchev–Trinajstić information content (AvgIpc) is 2.54. The van der Waals surface area contributed by atoms with Crippen molar-refractivity contribution >= 4 is 0 Å². The van der Waals surface area contributed by atoms with Gasteiger partial charge < -0.3 is 0 Å². The van der Waals surface area contributed by atoms with Crippen LogP contribution in [-0.2, 0) is 0 Å². The van der Waals surface area contributed by atoms with Crippen molar-refractivity contribution < 1.29 is 0 Å². The zero-order valence-corrected chi connectivity index (χ0v) is 18.2. The predicted molar refractivity (Wildman–Crippen MR) is 117 cm³/mol. The maximum atomic E-state index is 3.78. The Morgan fingerprint density at radius 3 is 1.72 bits per heavy atom. The molecule has 0 bridgehead atoms. The van der Waals surface area contributed by atoms with Gasteiger partial charge in [0.05, 0.1) is 0 Å². The van der Waals surface area contributed by atoms with Crippen LogP contribution < -0.4 is 0 Å². The Labute approximate surface area is 159 Å². The molecule has 25 heavy (non-hydrogen) atoms. The van der Waals surface area contributed by atoms with Gasteiger partial charge >= 0.3 is 0 Å². The Morgan fingerprint density at radius 2 is 1.24 bits per heavy atom. The molecule has 0 aliphatic carbocycles. The lowest BCUT2D eigenvalue weighted by molar-refractivity contribution is 0.383. The minimum Gasteiger partial charge on any atom is -0.0988 e. The van der Waals surface area contributed by atoms with Crippen LogP contribution in [0.25, 0.3) is 0 Å². The van der Waals surface area contributed by atoms with E-state index in [9.17, 15) is 0 Å². The molecular weight excluding hydrogens is 300 g/mol. The van der Waals surface area contributed by atoms with E-state index in [2.05, 4.69) is 66.3 Å². The van der Waals surface area contributed by atoms with Crippen LogP contribution in [0.3, 0.4) is 0 Å². The summed E-state index contributed by atoms with van der Waals surface area (Å²) in [6.45, 7) is 17.8. The summed E-state index contributed by atoms with van der Waals surface area (Å²) < 4.78 is 0. The molecule has 146 valence electrons.